The van der Waals surface area contributed by atoms with Crippen molar-refractivity contribution in [2.24, 2.45) is 0 Å². The molecule has 5 nitrogen and oxygen atoms in total. The highest BCUT2D eigenvalue weighted by Crippen LogP contribution is 2.13. The van der Waals surface area contributed by atoms with Crippen molar-refractivity contribution in [1.82, 2.24) is 0 Å². The van der Waals surface area contributed by atoms with E-state index < -0.39 is 12.1 Å². The second-order valence-corrected chi connectivity index (χ2v) is 4.10. The molecule has 0 fully saturated rings. The number of ether oxygens (including phenoxy) is 1. The molecular weight excluding hydrogens is 258 g/mol. The molecule has 2 aromatic carbocycles. The van der Waals surface area contributed by atoms with Gasteiger partial charge in [0.15, 0.2) is 0 Å². The number of para-hydroxylation sites is 1. The molecule has 0 atom stereocenters. The summed E-state index contributed by atoms with van der Waals surface area (Å²) in [5, 5.41) is 11.3. The van der Waals surface area contributed by atoms with Crippen molar-refractivity contribution < 1.29 is 19.4 Å². The Morgan fingerprint density at radius 3 is 2.50 bits per heavy atom. The molecule has 0 aliphatic carbocycles. The SMILES string of the molecule is O=C(O)Cc1cccc(NC(=O)Oc2ccccc2)c1. The van der Waals surface area contributed by atoms with Crippen molar-refractivity contribution in [3.05, 3.63) is 60.2 Å². The number of amides is 1. The fraction of sp³-hybridized carbons (Fsp3) is 0.0667. The molecule has 2 aromatic rings. The van der Waals surface area contributed by atoms with Crippen LogP contribution < -0.4 is 10.1 Å². The van der Waals surface area contributed by atoms with Gasteiger partial charge >= 0.3 is 12.1 Å². The fourth-order valence-electron chi connectivity index (χ4n) is 1.67. The Balaban J connectivity index is 1.99. The summed E-state index contributed by atoms with van der Waals surface area (Å²) in [5.41, 5.74) is 1.10. The van der Waals surface area contributed by atoms with Gasteiger partial charge in [0, 0.05) is 5.69 Å². The highest BCUT2D eigenvalue weighted by Gasteiger charge is 2.06. The fourth-order valence-corrected chi connectivity index (χ4v) is 1.67. The van der Waals surface area contributed by atoms with Crippen LogP contribution in [0.25, 0.3) is 0 Å². The third-order valence-corrected chi connectivity index (χ3v) is 2.48. The summed E-state index contributed by atoms with van der Waals surface area (Å²) in [6.07, 6.45) is -0.716. The number of hydrogen-bond acceptors (Lipinski definition) is 3. The smallest absolute Gasteiger partial charge is 0.417 e. The molecule has 0 aliphatic rings. The van der Waals surface area contributed by atoms with Crippen molar-refractivity contribution in [1.29, 1.82) is 0 Å². The van der Waals surface area contributed by atoms with Crippen LogP contribution in [0.1, 0.15) is 5.56 Å². The molecule has 0 saturated heterocycles. The number of nitrogens with one attached hydrogen (secondary N) is 1. The molecule has 2 N–H and O–H groups in total. The maximum absolute atomic E-state index is 11.7. The van der Waals surface area contributed by atoms with Gasteiger partial charge < -0.3 is 9.84 Å². The van der Waals surface area contributed by atoms with Gasteiger partial charge in [0.25, 0.3) is 0 Å². The first kappa shape index (κ1) is 13.6. The lowest BCUT2D eigenvalue weighted by molar-refractivity contribution is -0.136. The minimum Gasteiger partial charge on any atom is -0.481 e. The molecule has 20 heavy (non-hydrogen) atoms. The first-order valence-corrected chi connectivity index (χ1v) is 5.98. The Bertz CT molecular complexity index is 610. The van der Waals surface area contributed by atoms with Gasteiger partial charge in [-0.2, -0.15) is 0 Å². The summed E-state index contributed by atoms with van der Waals surface area (Å²) in [6, 6.07) is 15.3. The van der Waals surface area contributed by atoms with E-state index in [1.54, 1.807) is 48.5 Å². The zero-order chi connectivity index (χ0) is 14.4. The Morgan fingerprint density at radius 2 is 1.80 bits per heavy atom. The predicted octanol–water partition coefficient (Wildman–Crippen LogP) is 2.92. The third kappa shape index (κ3) is 4.13. The van der Waals surface area contributed by atoms with E-state index >= 15 is 0 Å². The average molecular weight is 271 g/mol. The van der Waals surface area contributed by atoms with E-state index in [2.05, 4.69) is 5.32 Å². The number of hydrogen-bond donors (Lipinski definition) is 2. The minimum absolute atomic E-state index is 0.0940. The lowest BCUT2D eigenvalue weighted by Gasteiger charge is -2.07. The molecule has 0 aliphatic heterocycles. The molecule has 1 amide bonds. The molecular formula is C15H13NO4. The molecule has 0 spiro atoms. The van der Waals surface area contributed by atoms with Crippen LogP contribution in [0.5, 0.6) is 5.75 Å². The Hall–Kier alpha value is -2.82. The van der Waals surface area contributed by atoms with E-state index in [0.29, 0.717) is 17.0 Å². The molecule has 0 saturated carbocycles. The standard InChI is InChI=1S/C15H13NO4/c17-14(18)10-11-5-4-6-12(9-11)16-15(19)20-13-7-2-1-3-8-13/h1-9H,10H2,(H,16,19)(H,17,18). The number of benzene rings is 2. The summed E-state index contributed by atoms with van der Waals surface area (Å²) < 4.78 is 5.07. The minimum atomic E-state index is -0.922. The lowest BCUT2D eigenvalue weighted by Crippen LogP contribution is -2.16. The van der Waals surface area contributed by atoms with E-state index in [4.69, 9.17) is 9.84 Å². The number of aliphatic carboxylic acids is 1. The number of carbonyl (C=O) groups is 2. The zero-order valence-electron chi connectivity index (χ0n) is 10.6. The van der Waals surface area contributed by atoms with Crippen LogP contribution in [0.3, 0.4) is 0 Å². The molecule has 0 radical (unpaired) electrons. The van der Waals surface area contributed by atoms with Gasteiger partial charge in [0.05, 0.1) is 6.42 Å². The monoisotopic (exact) mass is 271 g/mol. The van der Waals surface area contributed by atoms with Gasteiger partial charge in [-0.05, 0) is 29.8 Å². The van der Waals surface area contributed by atoms with E-state index in [9.17, 15) is 9.59 Å². The molecule has 5 heteroatoms. The number of carbonyl (C=O) groups excluding carboxylic acids is 1. The van der Waals surface area contributed by atoms with E-state index in [0.717, 1.165) is 0 Å². The molecule has 0 aromatic heterocycles. The maximum atomic E-state index is 11.7. The largest absolute Gasteiger partial charge is 0.481 e. The summed E-state index contributed by atoms with van der Waals surface area (Å²) in [7, 11) is 0. The van der Waals surface area contributed by atoms with E-state index in [1.807, 2.05) is 6.07 Å². The van der Waals surface area contributed by atoms with Crippen molar-refractivity contribution in [2.45, 2.75) is 6.42 Å². The van der Waals surface area contributed by atoms with Crippen molar-refractivity contribution in [3.63, 3.8) is 0 Å². The molecule has 0 bridgehead atoms. The summed E-state index contributed by atoms with van der Waals surface area (Å²) in [4.78, 5) is 22.3. The Morgan fingerprint density at radius 1 is 1.05 bits per heavy atom. The van der Waals surface area contributed by atoms with Crippen LogP contribution in [-0.2, 0) is 11.2 Å². The quantitative estimate of drug-likeness (QED) is 0.896. The number of anilines is 1. The van der Waals surface area contributed by atoms with Gasteiger partial charge in [0.2, 0.25) is 0 Å². The van der Waals surface area contributed by atoms with E-state index in [1.165, 1.54) is 0 Å². The topological polar surface area (TPSA) is 75.6 Å². The third-order valence-electron chi connectivity index (χ3n) is 2.48. The average Bonchev–Trinajstić information content (AvgIpc) is 2.39. The van der Waals surface area contributed by atoms with Crippen LogP contribution in [-0.4, -0.2) is 17.2 Å². The number of carboxylic acids is 1. The molecule has 0 heterocycles. The van der Waals surface area contributed by atoms with Crippen LogP contribution in [0, 0.1) is 0 Å². The van der Waals surface area contributed by atoms with Gasteiger partial charge in [-0.3, -0.25) is 10.1 Å². The second kappa shape index (κ2) is 6.38. The van der Waals surface area contributed by atoms with Gasteiger partial charge in [-0.15, -0.1) is 0 Å². The van der Waals surface area contributed by atoms with Crippen LogP contribution in [0.4, 0.5) is 10.5 Å². The molecule has 2 rings (SSSR count). The summed E-state index contributed by atoms with van der Waals surface area (Å²) >= 11 is 0. The normalized spacial score (nSPS) is 9.80. The number of rotatable bonds is 4. The Labute approximate surface area is 115 Å². The van der Waals surface area contributed by atoms with Crippen molar-refractivity contribution >= 4 is 17.7 Å². The summed E-state index contributed by atoms with van der Waals surface area (Å²) in [6.45, 7) is 0. The number of carboxylic acid groups (broad SMARTS) is 1. The molecule has 0 unspecified atom stereocenters. The van der Waals surface area contributed by atoms with Crippen LogP contribution >= 0.6 is 0 Å². The van der Waals surface area contributed by atoms with Crippen molar-refractivity contribution in [3.8, 4) is 5.75 Å². The van der Waals surface area contributed by atoms with Gasteiger partial charge in [-0.1, -0.05) is 30.3 Å². The highest BCUT2D eigenvalue weighted by molar-refractivity contribution is 5.86. The zero-order valence-corrected chi connectivity index (χ0v) is 10.6. The first-order valence-electron chi connectivity index (χ1n) is 5.98. The first-order chi connectivity index (χ1) is 9.63. The predicted molar refractivity (Wildman–Crippen MR) is 73.9 cm³/mol. The van der Waals surface area contributed by atoms with Crippen LogP contribution in [0.15, 0.2) is 54.6 Å². The van der Waals surface area contributed by atoms with Crippen LogP contribution in [0.2, 0.25) is 0 Å². The lowest BCUT2D eigenvalue weighted by atomic mass is 10.1. The maximum Gasteiger partial charge on any atom is 0.417 e. The van der Waals surface area contributed by atoms with Gasteiger partial charge in [-0.25, -0.2) is 4.79 Å². The molecule has 102 valence electrons. The van der Waals surface area contributed by atoms with Gasteiger partial charge in [0.1, 0.15) is 5.75 Å². The summed E-state index contributed by atoms with van der Waals surface area (Å²) in [5.74, 6) is -0.485. The second-order valence-electron chi connectivity index (χ2n) is 4.10. The Kier molecular flexibility index (Phi) is 4.34. The highest BCUT2D eigenvalue weighted by atomic mass is 16.6. The van der Waals surface area contributed by atoms with Crippen molar-refractivity contribution in [2.75, 3.05) is 5.32 Å². The van der Waals surface area contributed by atoms with E-state index in [-0.39, 0.29) is 6.42 Å².